The highest BCUT2D eigenvalue weighted by Crippen LogP contribution is 2.26. The topological polar surface area (TPSA) is 96.0 Å². The molecule has 1 saturated carbocycles. The number of carbonyl (C=O) groups excluding carboxylic acids is 2. The van der Waals surface area contributed by atoms with Crippen LogP contribution in [0.2, 0.25) is 0 Å². The summed E-state index contributed by atoms with van der Waals surface area (Å²) in [5.74, 6) is -0.0974. The van der Waals surface area contributed by atoms with Gasteiger partial charge < -0.3 is 15.0 Å². The molecule has 0 heterocycles. The minimum atomic E-state index is -4.13. The van der Waals surface area contributed by atoms with Gasteiger partial charge in [-0.2, -0.15) is 0 Å². The van der Waals surface area contributed by atoms with Gasteiger partial charge in [0, 0.05) is 12.6 Å². The van der Waals surface area contributed by atoms with Crippen LogP contribution in [0.25, 0.3) is 0 Å². The summed E-state index contributed by atoms with van der Waals surface area (Å²) in [5.41, 5.74) is 1.22. The first-order valence-electron chi connectivity index (χ1n) is 14.8. The zero-order chi connectivity index (χ0) is 30.0. The molecule has 0 unspecified atom stereocenters. The average molecular weight is 592 g/mol. The number of sulfonamides is 1. The Hall–Kier alpha value is -3.85. The number of amides is 2. The van der Waals surface area contributed by atoms with Crippen LogP contribution >= 0.6 is 0 Å². The first kappa shape index (κ1) is 31.1. The lowest BCUT2D eigenvalue weighted by Crippen LogP contribution is -2.54. The maximum atomic E-state index is 14.2. The van der Waals surface area contributed by atoms with E-state index in [1.807, 2.05) is 44.2 Å². The van der Waals surface area contributed by atoms with Crippen molar-refractivity contribution in [2.45, 2.75) is 75.9 Å². The first-order chi connectivity index (χ1) is 20.3. The summed E-state index contributed by atoms with van der Waals surface area (Å²) in [6.07, 6.45) is 5.57. The SMILES string of the molecule is CCOc1ccc(S(=O)(=O)N(CC(=O)N(Cc2ccccc2)[C@H](CC)C(=O)NC2CCCCC2)c2ccccc2)cc1. The summed E-state index contributed by atoms with van der Waals surface area (Å²) in [5, 5.41) is 3.17. The molecule has 1 N–H and O–H groups in total. The molecular formula is C33H41N3O5S. The van der Waals surface area contributed by atoms with Crippen molar-refractivity contribution in [1.29, 1.82) is 0 Å². The second-order valence-corrected chi connectivity index (χ2v) is 12.4. The highest BCUT2D eigenvalue weighted by atomic mass is 32.2. The van der Waals surface area contributed by atoms with Crippen molar-refractivity contribution in [3.8, 4) is 5.75 Å². The van der Waals surface area contributed by atoms with E-state index in [1.54, 1.807) is 42.5 Å². The lowest BCUT2D eigenvalue weighted by molar-refractivity contribution is -0.140. The van der Waals surface area contributed by atoms with E-state index >= 15 is 0 Å². The second-order valence-electron chi connectivity index (χ2n) is 10.5. The van der Waals surface area contributed by atoms with E-state index in [0.717, 1.165) is 35.6 Å². The number of anilines is 1. The van der Waals surface area contributed by atoms with E-state index in [-0.39, 0.29) is 23.4 Å². The molecule has 1 fully saturated rings. The Labute approximate surface area is 249 Å². The molecule has 3 aromatic carbocycles. The third kappa shape index (κ3) is 7.91. The normalized spacial score (nSPS) is 14.5. The van der Waals surface area contributed by atoms with Crippen molar-refractivity contribution >= 4 is 27.5 Å². The molecule has 0 aliphatic heterocycles. The molecule has 8 nitrogen and oxygen atoms in total. The average Bonchev–Trinajstić information content (AvgIpc) is 3.01. The smallest absolute Gasteiger partial charge is 0.264 e. The minimum absolute atomic E-state index is 0.0410. The number of rotatable bonds is 13. The number of hydrogen-bond acceptors (Lipinski definition) is 5. The molecule has 224 valence electrons. The van der Waals surface area contributed by atoms with Gasteiger partial charge in [0.25, 0.3) is 10.0 Å². The van der Waals surface area contributed by atoms with Gasteiger partial charge in [-0.25, -0.2) is 8.42 Å². The van der Waals surface area contributed by atoms with Crippen LogP contribution in [0.5, 0.6) is 5.75 Å². The molecule has 0 aromatic heterocycles. The van der Waals surface area contributed by atoms with E-state index in [1.165, 1.54) is 23.5 Å². The van der Waals surface area contributed by atoms with Crippen molar-refractivity contribution in [2.24, 2.45) is 0 Å². The van der Waals surface area contributed by atoms with Gasteiger partial charge in [-0.3, -0.25) is 13.9 Å². The number of benzene rings is 3. The lowest BCUT2D eigenvalue weighted by atomic mass is 9.95. The molecular weight excluding hydrogens is 550 g/mol. The predicted molar refractivity (Wildman–Crippen MR) is 165 cm³/mol. The van der Waals surface area contributed by atoms with Crippen LogP contribution in [-0.2, 0) is 26.2 Å². The van der Waals surface area contributed by atoms with Crippen LogP contribution < -0.4 is 14.4 Å². The monoisotopic (exact) mass is 591 g/mol. The van der Waals surface area contributed by atoms with Gasteiger partial charge in [-0.15, -0.1) is 0 Å². The number of hydrogen-bond donors (Lipinski definition) is 1. The molecule has 0 radical (unpaired) electrons. The Bertz CT molecular complexity index is 1390. The first-order valence-corrected chi connectivity index (χ1v) is 16.2. The maximum Gasteiger partial charge on any atom is 0.264 e. The van der Waals surface area contributed by atoms with E-state index in [9.17, 15) is 18.0 Å². The van der Waals surface area contributed by atoms with Crippen molar-refractivity contribution in [3.63, 3.8) is 0 Å². The van der Waals surface area contributed by atoms with Crippen LogP contribution in [0.1, 0.15) is 57.9 Å². The van der Waals surface area contributed by atoms with Gasteiger partial charge in [-0.05, 0) is 68.1 Å². The zero-order valence-electron chi connectivity index (χ0n) is 24.4. The Balaban J connectivity index is 1.66. The summed E-state index contributed by atoms with van der Waals surface area (Å²) in [7, 11) is -4.13. The molecule has 42 heavy (non-hydrogen) atoms. The number of carbonyl (C=O) groups is 2. The number of para-hydroxylation sites is 1. The predicted octanol–water partition coefficient (Wildman–Crippen LogP) is 5.54. The number of nitrogens with one attached hydrogen (secondary N) is 1. The summed E-state index contributed by atoms with van der Waals surface area (Å²) in [4.78, 5) is 29.3. The fourth-order valence-corrected chi connectivity index (χ4v) is 6.78. The number of ether oxygens (including phenoxy) is 1. The van der Waals surface area contributed by atoms with Crippen LogP contribution in [0.3, 0.4) is 0 Å². The van der Waals surface area contributed by atoms with Crippen LogP contribution in [0.15, 0.2) is 89.8 Å². The van der Waals surface area contributed by atoms with E-state index in [0.29, 0.717) is 24.5 Å². The standard InChI is InChI=1S/C33H41N3O5S/c1-3-31(33(38)34-27-16-10-6-11-17-27)35(24-26-14-8-5-9-15-26)32(37)25-36(28-18-12-7-13-19-28)42(39,40)30-22-20-29(21-23-30)41-4-2/h5,7-9,12-15,18-23,27,31H,3-4,6,10-11,16-17,24-25H2,1-2H3,(H,34,38)/t31-/m1/s1. The fourth-order valence-electron chi connectivity index (χ4n) is 5.37. The van der Waals surface area contributed by atoms with Gasteiger partial charge in [0.2, 0.25) is 11.8 Å². The molecule has 1 aliphatic carbocycles. The Morgan fingerprint density at radius 3 is 2.10 bits per heavy atom. The van der Waals surface area contributed by atoms with Crippen LogP contribution in [-0.4, -0.2) is 50.4 Å². The zero-order valence-corrected chi connectivity index (χ0v) is 25.3. The Morgan fingerprint density at radius 2 is 1.50 bits per heavy atom. The molecule has 0 bridgehead atoms. The molecule has 3 aromatic rings. The van der Waals surface area contributed by atoms with Crippen molar-refractivity contribution in [1.82, 2.24) is 10.2 Å². The van der Waals surface area contributed by atoms with Crippen molar-refractivity contribution in [2.75, 3.05) is 17.5 Å². The molecule has 0 saturated heterocycles. The van der Waals surface area contributed by atoms with Crippen molar-refractivity contribution < 1.29 is 22.7 Å². The maximum absolute atomic E-state index is 14.2. The highest BCUT2D eigenvalue weighted by molar-refractivity contribution is 7.92. The summed E-state index contributed by atoms with van der Waals surface area (Å²) in [6, 6.07) is 23.5. The molecule has 4 rings (SSSR count). The van der Waals surface area contributed by atoms with E-state index in [4.69, 9.17) is 4.74 Å². The summed E-state index contributed by atoms with van der Waals surface area (Å²) in [6.45, 7) is 3.91. The quantitative estimate of drug-likeness (QED) is 0.282. The van der Waals surface area contributed by atoms with E-state index < -0.39 is 28.5 Å². The van der Waals surface area contributed by atoms with Gasteiger partial charge in [0.15, 0.2) is 0 Å². The fraction of sp³-hybridized carbons (Fsp3) is 0.394. The second kappa shape index (κ2) is 14.9. The highest BCUT2D eigenvalue weighted by Gasteiger charge is 2.34. The molecule has 1 atom stereocenters. The lowest BCUT2D eigenvalue weighted by Gasteiger charge is -2.34. The third-order valence-corrected chi connectivity index (χ3v) is 9.37. The molecule has 0 spiro atoms. The summed E-state index contributed by atoms with van der Waals surface area (Å²) >= 11 is 0. The van der Waals surface area contributed by atoms with Crippen LogP contribution in [0.4, 0.5) is 5.69 Å². The molecule has 1 aliphatic rings. The minimum Gasteiger partial charge on any atom is -0.494 e. The largest absolute Gasteiger partial charge is 0.494 e. The van der Waals surface area contributed by atoms with Crippen molar-refractivity contribution in [3.05, 3.63) is 90.5 Å². The van der Waals surface area contributed by atoms with Crippen LogP contribution in [0, 0.1) is 0 Å². The summed E-state index contributed by atoms with van der Waals surface area (Å²) < 4.78 is 34.6. The number of nitrogens with zero attached hydrogens (tertiary/aromatic N) is 2. The molecule has 2 amide bonds. The third-order valence-electron chi connectivity index (χ3n) is 7.58. The molecule has 9 heteroatoms. The van der Waals surface area contributed by atoms with Gasteiger partial charge in [0.1, 0.15) is 18.3 Å². The van der Waals surface area contributed by atoms with E-state index in [2.05, 4.69) is 5.32 Å². The van der Waals surface area contributed by atoms with Gasteiger partial charge >= 0.3 is 0 Å². The van der Waals surface area contributed by atoms with Gasteiger partial charge in [0.05, 0.1) is 17.2 Å². The Morgan fingerprint density at radius 1 is 0.881 bits per heavy atom. The Kier molecular flexibility index (Phi) is 11.0. The van der Waals surface area contributed by atoms with Gasteiger partial charge in [-0.1, -0.05) is 74.7 Å².